The Morgan fingerprint density at radius 2 is 1.73 bits per heavy atom. The number of rotatable bonds is 4. The molecule has 0 radical (unpaired) electrons. The van der Waals surface area contributed by atoms with Crippen molar-refractivity contribution in [2.75, 3.05) is 75.9 Å². The van der Waals surface area contributed by atoms with Crippen LogP contribution in [0.5, 0.6) is 5.75 Å². The molecule has 2 aromatic rings. The molecule has 1 atom stereocenters. The first-order chi connectivity index (χ1) is 16.2. The van der Waals surface area contributed by atoms with Crippen LogP contribution in [-0.4, -0.2) is 88.1 Å². The van der Waals surface area contributed by atoms with Gasteiger partial charge in [0.1, 0.15) is 12.4 Å². The van der Waals surface area contributed by atoms with Gasteiger partial charge in [0.25, 0.3) is 0 Å². The number of amides is 2. The van der Waals surface area contributed by atoms with E-state index in [1.807, 2.05) is 46.3 Å². The first-order valence-corrected chi connectivity index (χ1v) is 11.8. The Hall–Kier alpha value is -2.81. The molecule has 0 aliphatic carbocycles. The van der Waals surface area contributed by atoms with Gasteiger partial charge in [-0.3, -0.25) is 10.3 Å². The zero-order valence-corrected chi connectivity index (χ0v) is 19.3. The van der Waals surface area contributed by atoms with Crippen LogP contribution in [0.2, 0.25) is 0 Å². The topological polar surface area (TPSA) is 60.5 Å². The van der Waals surface area contributed by atoms with Gasteiger partial charge in [0.05, 0.1) is 19.3 Å². The van der Waals surface area contributed by atoms with Crippen molar-refractivity contribution in [2.24, 2.45) is 0 Å². The van der Waals surface area contributed by atoms with Gasteiger partial charge < -0.3 is 19.3 Å². The van der Waals surface area contributed by atoms with E-state index >= 15 is 0 Å². The number of hydrogen-bond donors (Lipinski definition) is 1. The summed E-state index contributed by atoms with van der Waals surface area (Å²) in [5, 5.41) is 1.94. The van der Waals surface area contributed by atoms with Crippen molar-refractivity contribution in [3.8, 4) is 5.75 Å². The molecule has 2 aromatic carbocycles. The number of ether oxygens (including phenoxy) is 2. The largest absolute Gasteiger partial charge is 0.491 e. The summed E-state index contributed by atoms with van der Waals surface area (Å²) in [6.45, 7) is 7.18. The molecule has 33 heavy (non-hydrogen) atoms. The molecule has 0 spiro atoms. The van der Waals surface area contributed by atoms with Gasteiger partial charge in [-0.1, -0.05) is 24.3 Å². The Morgan fingerprint density at radius 3 is 2.48 bits per heavy atom. The minimum Gasteiger partial charge on any atom is -0.491 e. The van der Waals surface area contributed by atoms with Gasteiger partial charge in [-0.05, 0) is 31.3 Å². The summed E-state index contributed by atoms with van der Waals surface area (Å²) >= 11 is 0. The second-order valence-corrected chi connectivity index (χ2v) is 8.94. The molecule has 3 aliphatic rings. The van der Waals surface area contributed by atoms with E-state index in [9.17, 15) is 4.79 Å². The lowest BCUT2D eigenvalue weighted by Gasteiger charge is -2.40. The number of hydrogen-bond acceptors (Lipinski definition) is 6. The van der Waals surface area contributed by atoms with Gasteiger partial charge in [0.2, 0.25) is 0 Å². The fraction of sp³-hybridized carbons (Fsp3) is 0.480. The van der Waals surface area contributed by atoms with E-state index in [-0.39, 0.29) is 12.1 Å². The van der Waals surface area contributed by atoms with E-state index in [0.29, 0.717) is 32.9 Å². The van der Waals surface area contributed by atoms with Crippen molar-refractivity contribution in [2.45, 2.75) is 12.5 Å². The minimum absolute atomic E-state index is 0.102. The molecule has 0 saturated carbocycles. The van der Waals surface area contributed by atoms with Gasteiger partial charge in [-0.25, -0.2) is 9.80 Å². The van der Waals surface area contributed by atoms with Crippen molar-refractivity contribution < 1.29 is 14.3 Å². The van der Waals surface area contributed by atoms with Crippen LogP contribution in [0.4, 0.5) is 16.2 Å². The predicted octanol–water partition coefficient (Wildman–Crippen LogP) is 2.21. The van der Waals surface area contributed by atoms with Crippen LogP contribution in [0.25, 0.3) is 0 Å². The highest BCUT2D eigenvalue weighted by molar-refractivity contribution is 5.92. The Morgan fingerprint density at radius 1 is 0.970 bits per heavy atom. The molecule has 176 valence electrons. The van der Waals surface area contributed by atoms with Crippen LogP contribution in [0.15, 0.2) is 48.5 Å². The molecule has 3 aliphatic heterocycles. The molecular formula is C25H33N5O3. The normalized spacial score (nSPS) is 21.7. The number of hydrazine groups is 1. The standard InChI is InChI=1S/C25H33N5O3/c1-27-10-12-28(13-11-27)23-8-5-9-24-22(23)18-21(19-33-24)30(20-6-3-2-4-7-20)25(31)26-29-14-16-32-17-15-29/h2-9,21H,10-19H2,1H3,(H,26,31). The zero-order chi connectivity index (χ0) is 22.6. The fourth-order valence-electron chi connectivity index (χ4n) is 4.83. The Labute approximate surface area is 195 Å². The number of benzene rings is 2. The number of anilines is 2. The maximum Gasteiger partial charge on any atom is 0.336 e. The maximum absolute atomic E-state index is 13.5. The van der Waals surface area contributed by atoms with Crippen molar-refractivity contribution in [3.63, 3.8) is 0 Å². The summed E-state index contributed by atoms with van der Waals surface area (Å²) < 4.78 is 11.7. The highest BCUT2D eigenvalue weighted by Gasteiger charge is 2.33. The molecule has 1 unspecified atom stereocenters. The van der Waals surface area contributed by atoms with Crippen LogP contribution >= 0.6 is 0 Å². The number of morpholine rings is 1. The number of urea groups is 1. The molecule has 3 heterocycles. The second kappa shape index (κ2) is 9.99. The average Bonchev–Trinajstić information content (AvgIpc) is 2.86. The molecule has 5 rings (SSSR count). The smallest absolute Gasteiger partial charge is 0.336 e. The molecule has 8 heteroatoms. The van der Waals surface area contributed by atoms with Crippen LogP contribution < -0.4 is 20.0 Å². The fourth-order valence-corrected chi connectivity index (χ4v) is 4.83. The van der Waals surface area contributed by atoms with E-state index in [0.717, 1.165) is 44.0 Å². The summed E-state index contributed by atoms with van der Waals surface area (Å²) in [7, 11) is 2.17. The lowest BCUT2D eigenvalue weighted by molar-refractivity contribution is 0.0198. The number of carbonyl (C=O) groups excluding carboxylic acids is 1. The van der Waals surface area contributed by atoms with Gasteiger partial charge in [0.15, 0.2) is 0 Å². The third kappa shape index (κ3) is 4.93. The first-order valence-electron chi connectivity index (χ1n) is 11.8. The molecule has 2 amide bonds. The molecule has 0 bridgehead atoms. The van der Waals surface area contributed by atoms with Crippen molar-refractivity contribution in [3.05, 3.63) is 54.1 Å². The van der Waals surface area contributed by atoms with Gasteiger partial charge in [-0.15, -0.1) is 0 Å². The third-order valence-corrected chi connectivity index (χ3v) is 6.71. The molecule has 2 fully saturated rings. The third-order valence-electron chi connectivity index (χ3n) is 6.71. The number of carbonyl (C=O) groups is 1. The van der Waals surface area contributed by atoms with E-state index in [1.165, 1.54) is 11.3 Å². The quantitative estimate of drug-likeness (QED) is 0.769. The molecule has 2 saturated heterocycles. The lowest BCUT2D eigenvalue weighted by atomic mass is 9.98. The Bertz CT molecular complexity index is 942. The highest BCUT2D eigenvalue weighted by Crippen LogP contribution is 2.36. The highest BCUT2D eigenvalue weighted by atomic mass is 16.5. The van der Waals surface area contributed by atoms with Crippen LogP contribution in [0.1, 0.15) is 5.56 Å². The SMILES string of the molecule is CN1CCN(c2cccc3c2CC(N(C(=O)NN2CCOCC2)c2ccccc2)CO3)CC1. The van der Waals surface area contributed by atoms with Crippen LogP contribution in [-0.2, 0) is 11.2 Å². The van der Waals surface area contributed by atoms with Gasteiger partial charge >= 0.3 is 6.03 Å². The molecule has 0 aromatic heterocycles. The van der Waals surface area contributed by atoms with E-state index in [4.69, 9.17) is 9.47 Å². The zero-order valence-electron chi connectivity index (χ0n) is 19.3. The summed E-state index contributed by atoms with van der Waals surface area (Å²) in [4.78, 5) is 20.2. The van der Waals surface area contributed by atoms with Crippen molar-refractivity contribution in [1.29, 1.82) is 0 Å². The number of nitrogens with one attached hydrogen (secondary N) is 1. The number of likely N-dealkylation sites (N-methyl/N-ethyl adjacent to an activating group) is 1. The van der Waals surface area contributed by atoms with Gasteiger partial charge in [0, 0.05) is 62.6 Å². The van der Waals surface area contributed by atoms with Gasteiger partial charge in [-0.2, -0.15) is 0 Å². The summed E-state index contributed by atoms with van der Waals surface area (Å²) in [5.41, 5.74) is 6.38. The lowest BCUT2D eigenvalue weighted by Crippen LogP contribution is -2.57. The number of para-hydroxylation sites is 1. The summed E-state index contributed by atoms with van der Waals surface area (Å²) in [6, 6.07) is 16.0. The van der Waals surface area contributed by atoms with E-state index in [2.05, 4.69) is 34.4 Å². The van der Waals surface area contributed by atoms with Crippen LogP contribution in [0, 0.1) is 0 Å². The number of nitrogens with zero attached hydrogens (tertiary/aromatic N) is 4. The first kappa shape index (κ1) is 22.0. The van der Waals surface area contributed by atoms with Crippen LogP contribution in [0.3, 0.4) is 0 Å². The van der Waals surface area contributed by atoms with E-state index < -0.39 is 0 Å². The average molecular weight is 452 g/mol. The maximum atomic E-state index is 13.5. The predicted molar refractivity (Wildman–Crippen MR) is 129 cm³/mol. The molecule has 1 N–H and O–H groups in total. The van der Waals surface area contributed by atoms with E-state index in [1.54, 1.807) is 0 Å². The number of piperazine rings is 1. The summed E-state index contributed by atoms with van der Waals surface area (Å²) in [5.74, 6) is 0.935. The minimum atomic E-state index is -0.128. The Balaban J connectivity index is 1.40. The monoisotopic (exact) mass is 451 g/mol. The second-order valence-electron chi connectivity index (χ2n) is 8.94. The Kier molecular flexibility index (Phi) is 6.66. The number of fused-ring (bicyclic) bond motifs is 1. The summed E-state index contributed by atoms with van der Waals surface area (Å²) in [6.07, 6.45) is 0.753. The molecular weight excluding hydrogens is 418 g/mol. The molecule has 8 nitrogen and oxygen atoms in total. The van der Waals surface area contributed by atoms with Crippen molar-refractivity contribution in [1.82, 2.24) is 15.3 Å². The van der Waals surface area contributed by atoms with Crippen molar-refractivity contribution >= 4 is 17.4 Å².